The van der Waals surface area contributed by atoms with Crippen molar-refractivity contribution in [2.24, 2.45) is 52.3 Å². The van der Waals surface area contributed by atoms with E-state index in [-0.39, 0.29) is 6.10 Å². The SMILES string of the molecule is CCC(C=CC(C)[C@H]1CC[C@H]2C3=CCC4C[C@@H](O)CC[C@]4(C)[C@H]3CC[C@]12C)C(C)C. The Morgan fingerprint density at radius 2 is 1.70 bits per heavy atom. The molecule has 0 spiro atoms. The highest BCUT2D eigenvalue weighted by atomic mass is 16.3. The van der Waals surface area contributed by atoms with Crippen molar-refractivity contribution in [2.75, 3.05) is 0 Å². The third kappa shape index (κ3) is 3.66. The maximum atomic E-state index is 10.3. The Balaban J connectivity index is 1.53. The van der Waals surface area contributed by atoms with Gasteiger partial charge < -0.3 is 5.11 Å². The molecule has 0 aliphatic heterocycles. The van der Waals surface area contributed by atoms with Crippen molar-refractivity contribution in [1.82, 2.24) is 0 Å². The van der Waals surface area contributed by atoms with Gasteiger partial charge in [0, 0.05) is 0 Å². The molecule has 1 N–H and O–H groups in total. The van der Waals surface area contributed by atoms with E-state index in [0.29, 0.717) is 22.7 Å². The molecule has 3 unspecified atom stereocenters. The molecule has 0 bridgehead atoms. The molecule has 1 heteroatoms. The van der Waals surface area contributed by atoms with Gasteiger partial charge in [-0.1, -0.05) is 65.3 Å². The van der Waals surface area contributed by atoms with Crippen LogP contribution in [-0.2, 0) is 0 Å². The highest BCUT2D eigenvalue weighted by Gasteiger charge is 2.57. The molecule has 3 saturated carbocycles. The summed E-state index contributed by atoms with van der Waals surface area (Å²) in [7, 11) is 0. The van der Waals surface area contributed by atoms with E-state index in [2.05, 4.69) is 59.8 Å². The van der Waals surface area contributed by atoms with E-state index < -0.39 is 0 Å². The van der Waals surface area contributed by atoms with E-state index in [1.54, 1.807) is 0 Å². The molecule has 0 radical (unpaired) electrons. The summed E-state index contributed by atoms with van der Waals surface area (Å²) in [6.45, 7) is 14.8. The lowest BCUT2D eigenvalue weighted by atomic mass is 9.47. The lowest BCUT2D eigenvalue weighted by Gasteiger charge is -2.57. The number of fused-ring (bicyclic) bond motifs is 5. The first-order valence-corrected chi connectivity index (χ1v) is 13.3. The fourth-order valence-corrected chi connectivity index (χ4v) is 8.68. The maximum Gasteiger partial charge on any atom is 0.0543 e. The summed E-state index contributed by atoms with van der Waals surface area (Å²) < 4.78 is 0. The van der Waals surface area contributed by atoms with Crippen molar-refractivity contribution in [3.8, 4) is 0 Å². The predicted octanol–water partition coefficient (Wildman–Crippen LogP) is 7.80. The van der Waals surface area contributed by atoms with Crippen molar-refractivity contribution in [3.63, 3.8) is 0 Å². The minimum Gasteiger partial charge on any atom is -0.393 e. The summed E-state index contributed by atoms with van der Waals surface area (Å²) >= 11 is 0. The molecular formula is C29H48O. The summed E-state index contributed by atoms with van der Waals surface area (Å²) in [5, 5.41) is 10.3. The Bertz CT molecular complexity index is 674. The average molecular weight is 413 g/mol. The van der Waals surface area contributed by atoms with E-state index in [9.17, 15) is 5.11 Å². The van der Waals surface area contributed by atoms with Crippen LogP contribution in [0.3, 0.4) is 0 Å². The topological polar surface area (TPSA) is 20.2 Å². The maximum absolute atomic E-state index is 10.3. The van der Waals surface area contributed by atoms with Gasteiger partial charge in [0.15, 0.2) is 0 Å². The highest BCUT2D eigenvalue weighted by Crippen LogP contribution is 2.66. The molecule has 4 rings (SSSR count). The summed E-state index contributed by atoms with van der Waals surface area (Å²) in [4.78, 5) is 0. The zero-order valence-corrected chi connectivity index (χ0v) is 20.7. The van der Waals surface area contributed by atoms with Crippen molar-refractivity contribution in [1.29, 1.82) is 0 Å². The van der Waals surface area contributed by atoms with Gasteiger partial charge in [-0.15, -0.1) is 0 Å². The second-order valence-electron chi connectivity index (χ2n) is 12.5. The number of aliphatic hydroxyl groups is 1. The molecule has 0 aromatic heterocycles. The van der Waals surface area contributed by atoms with Crippen LogP contribution in [0.15, 0.2) is 23.8 Å². The van der Waals surface area contributed by atoms with E-state index in [4.69, 9.17) is 0 Å². The van der Waals surface area contributed by atoms with Crippen LogP contribution in [0.4, 0.5) is 0 Å². The fourth-order valence-electron chi connectivity index (χ4n) is 8.68. The van der Waals surface area contributed by atoms with E-state index in [0.717, 1.165) is 42.4 Å². The lowest BCUT2D eigenvalue weighted by molar-refractivity contribution is -0.0414. The van der Waals surface area contributed by atoms with Crippen LogP contribution < -0.4 is 0 Å². The molecule has 0 aromatic carbocycles. The first-order valence-electron chi connectivity index (χ1n) is 13.3. The van der Waals surface area contributed by atoms with Gasteiger partial charge in [-0.25, -0.2) is 0 Å². The van der Waals surface area contributed by atoms with Crippen molar-refractivity contribution in [2.45, 2.75) is 105 Å². The summed E-state index contributed by atoms with van der Waals surface area (Å²) in [6.07, 6.45) is 19.2. The van der Waals surface area contributed by atoms with Crippen LogP contribution in [0.25, 0.3) is 0 Å². The van der Waals surface area contributed by atoms with E-state index in [1.165, 1.54) is 44.9 Å². The van der Waals surface area contributed by atoms with Gasteiger partial charge in [-0.3, -0.25) is 0 Å². The normalized spacial score (nSPS) is 45.6. The van der Waals surface area contributed by atoms with Gasteiger partial charge in [0.05, 0.1) is 6.10 Å². The Morgan fingerprint density at radius 3 is 2.40 bits per heavy atom. The molecule has 0 heterocycles. The van der Waals surface area contributed by atoms with Crippen LogP contribution >= 0.6 is 0 Å². The van der Waals surface area contributed by atoms with Gasteiger partial charge in [-0.05, 0) is 110 Å². The second kappa shape index (κ2) is 8.42. The van der Waals surface area contributed by atoms with Gasteiger partial charge in [-0.2, -0.15) is 0 Å². The molecule has 3 fully saturated rings. The standard InChI is InChI=1S/C29H48O/c1-7-21(19(2)3)9-8-20(4)25-12-13-26-24-11-10-22-18-23(30)14-16-28(22,5)27(24)15-17-29(25,26)6/h8-9,11,19-23,25-27,30H,7,10,12-18H2,1-6H3/t20?,21?,22?,23-,25+,26-,27-,28-,29+/m0/s1. The number of rotatable bonds is 5. The van der Waals surface area contributed by atoms with Gasteiger partial charge in [0.2, 0.25) is 0 Å². The predicted molar refractivity (Wildman–Crippen MR) is 128 cm³/mol. The molecule has 4 aliphatic rings. The first kappa shape index (κ1) is 22.6. The van der Waals surface area contributed by atoms with Gasteiger partial charge >= 0.3 is 0 Å². The molecule has 1 nitrogen and oxygen atoms in total. The van der Waals surface area contributed by atoms with Crippen molar-refractivity contribution >= 4 is 0 Å². The molecule has 0 saturated heterocycles. The van der Waals surface area contributed by atoms with Crippen molar-refractivity contribution < 1.29 is 5.11 Å². The molecule has 170 valence electrons. The molecule has 9 atom stereocenters. The highest BCUT2D eigenvalue weighted by molar-refractivity contribution is 5.28. The molecule has 30 heavy (non-hydrogen) atoms. The minimum absolute atomic E-state index is 0.0480. The average Bonchev–Trinajstić information content (AvgIpc) is 3.06. The van der Waals surface area contributed by atoms with Crippen LogP contribution in [-0.4, -0.2) is 11.2 Å². The zero-order valence-electron chi connectivity index (χ0n) is 20.7. The number of hydrogen-bond acceptors (Lipinski definition) is 1. The van der Waals surface area contributed by atoms with Crippen LogP contribution in [0.5, 0.6) is 0 Å². The molecule has 0 amide bonds. The molecule has 0 aromatic rings. The number of aliphatic hydroxyl groups excluding tert-OH is 1. The summed E-state index contributed by atoms with van der Waals surface area (Å²) in [6, 6.07) is 0. The van der Waals surface area contributed by atoms with Crippen molar-refractivity contribution in [3.05, 3.63) is 23.8 Å². The van der Waals surface area contributed by atoms with E-state index in [1.807, 2.05) is 5.57 Å². The lowest BCUT2D eigenvalue weighted by Crippen LogP contribution is -2.49. The largest absolute Gasteiger partial charge is 0.393 e. The fraction of sp³-hybridized carbons (Fsp3) is 0.862. The monoisotopic (exact) mass is 412 g/mol. The smallest absolute Gasteiger partial charge is 0.0543 e. The van der Waals surface area contributed by atoms with Crippen LogP contribution in [0.2, 0.25) is 0 Å². The summed E-state index contributed by atoms with van der Waals surface area (Å²) in [5.41, 5.74) is 2.79. The Kier molecular flexibility index (Phi) is 6.35. The van der Waals surface area contributed by atoms with E-state index >= 15 is 0 Å². The van der Waals surface area contributed by atoms with Gasteiger partial charge in [0.1, 0.15) is 0 Å². The third-order valence-corrected chi connectivity index (χ3v) is 10.7. The minimum atomic E-state index is -0.0480. The van der Waals surface area contributed by atoms with Crippen LogP contribution in [0, 0.1) is 52.3 Å². The Hall–Kier alpha value is -0.560. The zero-order chi connectivity index (χ0) is 21.7. The Morgan fingerprint density at radius 1 is 1.00 bits per heavy atom. The van der Waals surface area contributed by atoms with Gasteiger partial charge in [0.25, 0.3) is 0 Å². The first-order chi connectivity index (χ1) is 14.2. The number of allylic oxidation sites excluding steroid dienone is 4. The van der Waals surface area contributed by atoms with Crippen LogP contribution in [0.1, 0.15) is 99.3 Å². The third-order valence-electron chi connectivity index (χ3n) is 10.7. The molecule has 4 aliphatic carbocycles. The molecular weight excluding hydrogens is 364 g/mol. The quantitative estimate of drug-likeness (QED) is 0.457. The summed E-state index contributed by atoms with van der Waals surface area (Å²) in [5.74, 6) is 5.32. The second-order valence-corrected chi connectivity index (χ2v) is 12.5. The number of hydrogen-bond donors (Lipinski definition) is 1. The Labute approximate surface area is 186 Å².